The summed E-state index contributed by atoms with van der Waals surface area (Å²) in [7, 11) is 0. The van der Waals surface area contributed by atoms with Crippen LogP contribution in [0.25, 0.3) is 0 Å². The van der Waals surface area contributed by atoms with Gasteiger partial charge in [-0.05, 0) is 25.1 Å². The van der Waals surface area contributed by atoms with Crippen molar-refractivity contribution in [1.82, 2.24) is 9.55 Å². The molecule has 0 saturated carbocycles. The molecule has 1 rings (SSSR count). The zero-order valence-electron chi connectivity index (χ0n) is 8.63. The van der Waals surface area contributed by atoms with Crippen molar-refractivity contribution in [2.24, 2.45) is 5.92 Å². The van der Waals surface area contributed by atoms with E-state index in [1.165, 1.54) is 12.8 Å². The van der Waals surface area contributed by atoms with Crippen molar-refractivity contribution in [3.05, 3.63) is 16.7 Å². The Morgan fingerprint density at radius 3 is 2.46 bits per heavy atom. The van der Waals surface area contributed by atoms with Gasteiger partial charge in [-0.3, -0.25) is 0 Å². The molecule has 0 amide bonds. The van der Waals surface area contributed by atoms with Crippen LogP contribution in [0.1, 0.15) is 32.4 Å². The van der Waals surface area contributed by atoms with E-state index in [-0.39, 0.29) is 0 Å². The largest absolute Gasteiger partial charge is 0.335 e. The molecule has 1 N–H and O–H groups in total. The molecule has 0 radical (unpaired) electrons. The number of aromatic nitrogens is 2. The van der Waals surface area contributed by atoms with Gasteiger partial charge in [-0.25, -0.2) is 0 Å². The predicted molar refractivity (Wildman–Crippen MR) is 58.4 cm³/mol. The lowest BCUT2D eigenvalue weighted by Gasteiger charge is -2.12. The monoisotopic (exact) mass is 198 g/mol. The summed E-state index contributed by atoms with van der Waals surface area (Å²) in [6, 6.07) is 0. The number of nitrogens with zero attached hydrogens (tertiary/aromatic N) is 1. The van der Waals surface area contributed by atoms with Crippen molar-refractivity contribution in [2.45, 2.75) is 40.2 Å². The van der Waals surface area contributed by atoms with Gasteiger partial charge in [0.2, 0.25) is 0 Å². The van der Waals surface area contributed by atoms with Crippen LogP contribution in [0.4, 0.5) is 0 Å². The Morgan fingerprint density at radius 2 is 2.08 bits per heavy atom. The molecular formula is C10H18N2S. The molecule has 1 heterocycles. The third-order valence-electron chi connectivity index (χ3n) is 2.52. The maximum Gasteiger partial charge on any atom is 0.177 e. The summed E-state index contributed by atoms with van der Waals surface area (Å²) >= 11 is 5.19. The Hall–Kier alpha value is -0.570. The van der Waals surface area contributed by atoms with E-state index in [0.717, 1.165) is 22.9 Å². The van der Waals surface area contributed by atoms with Crippen molar-refractivity contribution in [2.75, 3.05) is 0 Å². The fourth-order valence-corrected chi connectivity index (χ4v) is 1.81. The lowest BCUT2D eigenvalue weighted by molar-refractivity contribution is 0.416. The smallest absolute Gasteiger partial charge is 0.177 e. The average Bonchev–Trinajstić information content (AvgIpc) is 2.41. The summed E-state index contributed by atoms with van der Waals surface area (Å²) in [5.74, 6) is 0.752. The molecule has 74 valence electrons. The molecule has 13 heavy (non-hydrogen) atoms. The van der Waals surface area contributed by atoms with Crippen molar-refractivity contribution < 1.29 is 0 Å². The van der Waals surface area contributed by atoms with Gasteiger partial charge >= 0.3 is 0 Å². The van der Waals surface area contributed by atoms with Gasteiger partial charge in [-0.1, -0.05) is 26.7 Å². The highest BCUT2D eigenvalue weighted by Gasteiger charge is 2.05. The van der Waals surface area contributed by atoms with E-state index in [2.05, 4.69) is 29.6 Å². The normalized spacial score (nSPS) is 11.1. The molecule has 0 spiro atoms. The molecule has 0 aliphatic carbocycles. The SMILES string of the molecule is CCC(CC)Cn1cc(C)[nH]c1=S. The van der Waals surface area contributed by atoms with Gasteiger partial charge in [-0.2, -0.15) is 0 Å². The van der Waals surface area contributed by atoms with Gasteiger partial charge in [0.15, 0.2) is 4.77 Å². The quantitative estimate of drug-likeness (QED) is 0.736. The maximum atomic E-state index is 5.19. The van der Waals surface area contributed by atoms with Crippen LogP contribution in [-0.2, 0) is 6.54 Å². The van der Waals surface area contributed by atoms with Crippen LogP contribution in [0.3, 0.4) is 0 Å². The van der Waals surface area contributed by atoms with Crippen LogP contribution < -0.4 is 0 Å². The van der Waals surface area contributed by atoms with Gasteiger partial charge in [0.1, 0.15) is 0 Å². The number of imidazole rings is 1. The van der Waals surface area contributed by atoms with Gasteiger partial charge in [-0.15, -0.1) is 0 Å². The van der Waals surface area contributed by atoms with Crippen molar-refractivity contribution in [3.63, 3.8) is 0 Å². The fraction of sp³-hybridized carbons (Fsp3) is 0.700. The second-order valence-electron chi connectivity index (χ2n) is 3.58. The molecule has 0 aliphatic heterocycles. The lowest BCUT2D eigenvalue weighted by Crippen LogP contribution is -2.08. The molecule has 1 aromatic heterocycles. The Labute approximate surface area is 85.0 Å². The molecule has 0 atom stereocenters. The molecule has 0 aromatic carbocycles. The first-order valence-corrected chi connectivity index (χ1v) is 5.34. The third kappa shape index (κ3) is 2.69. The van der Waals surface area contributed by atoms with E-state index in [0.29, 0.717) is 0 Å². The van der Waals surface area contributed by atoms with Gasteiger partial charge in [0.05, 0.1) is 0 Å². The molecule has 2 nitrogen and oxygen atoms in total. The summed E-state index contributed by atoms with van der Waals surface area (Å²) in [4.78, 5) is 3.14. The first-order valence-electron chi connectivity index (χ1n) is 4.93. The number of hydrogen-bond donors (Lipinski definition) is 1. The molecule has 1 aromatic rings. The Kier molecular flexibility index (Phi) is 3.72. The molecule has 0 saturated heterocycles. The van der Waals surface area contributed by atoms with E-state index in [1.54, 1.807) is 0 Å². The minimum absolute atomic E-state index is 0.752. The Morgan fingerprint density at radius 1 is 1.46 bits per heavy atom. The molecule has 0 fully saturated rings. The van der Waals surface area contributed by atoms with Crippen LogP contribution in [0, 0.1) is 17.6 Å². The van der Waals surface area contributed by atoms with Crippen molar-refractivity contribution in [1.29, 1.82) is 0 Å². The van der Waals surface area contributed by atoms with Crippen LogP contribution >= 0.6 is 12.2 Å². The number of rotatable bonds is 4. The zero-order chi connectivity index (χ0) is 9.84. The zero-order valence-corrected chi connectivity index (χ0v) is 9.45. The third-order valence-corrected chi connectivity index (χ3v) is 2.86. The Balaban J connectivity index is 2.73. The van der Waals surface area contributed by atoms with Crippen molar-refractivity contribution >= 4 is 12.2 Å². The van der Waals surface area contributed by atoms with E-state index < -0.39 is 0 Å². The summed E-state index contributed by atoms with van der Waals surface area (Å²) in [5, 5.41) is 0. The van der Waals surface area contributed by atoms with E-state index in [4.69, 9.17) is 12.2 Å². The van der Waals surface area contributed by atoms with E-state index in [9.17, 15) is 0 Å². The minimum atomic E-state index is 0.752. The second kappa shape index (κ2) is 4.61. The summed E-state index contributed by atoms with van der Waals surface area (Å²) in [6.07, 6.45) is 4.55. The van der Waals surface area contributed by atoms with Gasteiger partial charge in [0, 0.05) is 18.4 Å². The summed E-state index contributed by atoms with van der Waals surface area (Å²) < 4.78 is 2.99. The highest BCUT2D eigenvalue weighted by atomic mass is 32.1. The molecule has 0 aliphatic rings. The molecule has 3 heteroatoms. The molecular weight excluding hydrogens is 180 g/mol. The first kappa shape index (κ1) is 10.5. The summed E-state index contributed by atoms with van der Waals surface area (Å²) in [6.45, 7) is 7.56. The predicted octanol–water partition coefficient (Wildman–Crippen LogP) is 3.29. The molecule has 0 bridgehead atoms. The number of aromatic amines is 1. The maximum absolute atomic E-state index is 5.19. The van der Waals surface area contributed by atoms with Gasteiger partial charge < -0.3 is 9.55 Å². The average molecular weight is 198 g/mol. The highest BCUT2D eigenvalue weighted by Crippen LogP contribution is 2.11. The number of H-pyrrole nitrogens is 1. The van der Waals surface area contributed by atoms with Gasteiger partial charge in [0.25, 0.3) is 0 Å². The topological polar surface area (TPSA) is 20.7 Å². The van der Waals surface area contributed by atoms with Crippen LogP contribution in [0.5, 0.6) is 0 Å². The van der Waals surface area contributed by atoms with E-state index >= 15 is 0 Å². The number of nitrogens with one attached hydrogen (secondary N) is 1. The number of aryl methyl sites for hydroxylation is 1. The van der Waals surface area contributed by atoms with Crippen molar-refractivity contribution in [3.8, 4) is 0 Å². The number of hydrogen-bond acceptors (Lipinski definition) is 1. The minimum Gasteiger partial charge on any atom is -0.335 e. The molecule has 0 unspecified atom stereocenters. The van der Waals surface area contributed by atoms with Crippen LogP contribution in [0.15, 0.2) is 6.20 Å². The standard InChI is InChI=1S/C10H18N2S/c1-4-9(5-2)7-12-6-8(3)11-10(12)13/h6,9H,4-5,7H2,1-3H3,(H,11,13). The van der Waals surface area contributed by atoms with E-state index in [1.807, 2.05) is 6.92 Å². The fourth-order valence-electron chi connectivity index (χ4n) is 1.53. The summed E-state index contributed by atoms with van der Waals surface area (Å²) in [5.41, 5.74) is 1.15. The highest BCUT2D eigenvalue weighted by molar-refractivity contribution is 7.71. The lowest BCUT2D eigenvalue weighted by atomic mass is 10.0. The van der Waals surface area contributed by atoms with Crippen LogP contribution in [-0.4, -0.2) is 9.55 Å². The van der Waals surface area contributed by atoms with Crippen LogP contribution in [0.2, 0.25) is 0 Å². The Bertz CT molecular complexity index is 307. The first-order chi connectivity index (χ1) is 6.17. The second-order valence-corrected chi connectivity index (χ2v) is 3.96.